The van der Waals surface area contributed by atoms with Crippen LogP contribution in [-0.2, 0) is 0 Å². The molecule has 100 valence electrons. The third kappa shape index (κ3) is 2.40. The van der Waals surface area contributed by atoms with Gasteiger partial charge in [-0.25, -0.2) is 0 Å². The Labute approximate surface area is 120 Å². The summed E-state index contributed by atoms with van der Waals surface area (Å²) >= 11 is 1.15. The molecule has 2 aromatic carbocycles. The van der Waals surface area contributed by atoms with Gasteiger partial charge in [-0.1, -0.05) is 6.07 Å². The molecular weight excluding hydrogens is 270 g/mol. The summed E-state index contributed by atoms with van der Waals surface area (Å²) in [4.78, 5) is 12.2. The Morgan fingerprint density at radius 2 is 1.80 bits per heavy atom. The zero-order valence-electron chi connectivity index (χ0n) is 11.2. The number of aromatic nitrogens is 2. The second-order valence-electron chi connectivity index (χ2n) is 4.72. The highest BCUT2D eigenvalue weighted by Crippen LogP contribution is 2.17. The van der Waals surface area contributed by atoms with E-state index >= 15 is 0 Å². The first-order chi connectivity index (χ1) is 9.63. The van der Waals surface area contributed by atoms with Crippen molar-refractivity contribution in [1.29, 1.82) is 0 Å². The van der Waals surface area contributed by atoms with Crippen LogP contribution < -0.4 is 5.32 Å². The van der Waals surface area contributed by atoms with E-state index in [1.54, 1.807) is 12.1 Å². The number of carbonyl (C=O) groups is 1. The smallest absolute Gasteiger partial charge is 0.255 e. The molecule has 0 aliphatic heterocycles. The van der Waals surface area contributed by atoms with E-state index in [4.69, 9.17) is 0 Å². The van der Waals surface area contributed by atoms with Crippen LogP contribution in [0.1, 0.15) is 21.5 Å². The summed E-state index contributed by atoms with van der Waals surface area (Å²) in [7, 11) is 0. The SMILES string of the molecule is Cc1ccc(NC(=O)c2ccc3nsnc3c2)cc1C. The largest absolute Gasteiger partial charge is 0.322 e. The topological polar surface area (TPSA) is 54.9 Å². The highest BCUT2D eigenvalue weighted by atomic mass is 32.1. The Morgan fingerprint density at radius 1 is 1.00 bits per heavy atom. The molecule has 1 N–H and O–H groups in total. The molecule has 3 rings (SSSR count). The quantitative estimate of drug-likeness (QED) is 0.782. The number of anilines is 1. The lowest BCUT2D eigenvalue weighted by atomic mass is 10.1. The van der Waals surface area contributed by atoms with E-state index in [0.29, 0.717) is 5.56 Å². The molecule has 0 saturated heterocycles. The highest BCUT2D eigenvalue weighted by Gasteiger charge is 2.09. The highest BCUT2D eigenvalue weighted by molar-refractivity contribution is 7.00. The fourth-order valence-corrected chi connectivity index (χ4v) is 2.46. The van der Waals surface area contributed by atoms with Gasteiger partial charge in [0.05, 0.1) is 11.7 Å². The molecule has 0 unspecified atom stereocenters. The third-order valence-corrected chi connectivity index (χ3v) is 3.84. The first kappa shape index (κ1) is 12.7. The van der Waals surface area contributed by atoms with Crippen LogP contribution in [0.15, 0.2) is 36.4 Å². The Kier molecular flexibility index (Phi) is 3.20. The van der Waals surface area contributed by atoms with E-state index in [1.165, 1.54) is 5.56 Å². The van der Waals surface area contributed by atoms with Crippen molar-refractivity contribution < 1.29 is 4.79 Å². The molecule has 1 heterocycles. The third-order valence-electron chi connectivity index (χ3n) is 3.28. The minimum Gasteiger partial charge on any atom is -0.322 e. The van der Waals surface area contributed by atoms with Crippen LogP contribution in [0, 0.1) is 13.8 Å². The number of fused-ring (bicyclic) bond motifs is 1. The van der Waals surface area contributed by atoms with Gasteiger partial charge in [-0.15, -0.1) is 0 Å². The number of nitrogens with zero attached hydrogens (tertiary/aromatic N) is 2. The zero-order chi connectivity index (χ0) is 14.1. The van der Waals surface area contributed by atoms with Crippen LogP contribution in [0.25, 0.3) is 11.0 Å². The second kappa shape index (κ2) is 5.02. The maximum absolute atomic E-state index is 12.2. The average Bonchev–Trinajstić information content (AvgIpc) is 2.90. The Morgan fingerprint density at radius 3 is 2.60 bits per heavy atom. The van der Waals surface area contributed by atoms with Gasteiger partial charge in [-0.2, -0.15) is 8.75 Å². The normalized spacial score (nSPS) is 10.7. The molecule has 1 aromatic heterocycles. The van der Waals surface area contributed by atoms with Crippen molar-refractivity contribution in [1.82, 2.24) is 8.75 Å². The molecule has 0 fully saturated rings. The van der Waals surface area contributed by atoms with E-state index in [0.717, 1.165) is 34.0 Å². The molecule has 0 atom stereocenters. The predicted molar refractivity (Wildman–Crippen MR) is 81.3 cm³/mol. The van der Waals surface area contributed by atoms with Gasteiger partial charge < -0.3 is 5.32 Å². The standard InChI is InChI=1S/C15H13N3OS/c1-9-3-5-12(7-10(9)2)16-15(19)11-4-6-13-14(8-11)18-20-17-13/h3-8H,1-2H3,(H,16,19). The molecule has 3 aromatic rings. The van der Waals surface area contributed by atoms with Crippen molar-refractivity contribution in [3.05, 3.63) is 53.1 Å². The van der Waals surface area contributed by atoms with Gasteiger partial charge in [0.1, 0.15) is 11.0 Å². The van der Waals surface area contributed by atoms with E-state index in [9.17, 15) is 4.79 Å². The van der Waals surface area contributed by atoms with Crippen LogP contribution in [-0.4, -0.2) is 14.7 Å². The lowest BCUT2D eigenvalue weighted by Crippen LogP contribution is -2.11. The van der Waals surface area contributed by atoms with Crippen LogP contribution in [0.4, 0.5) is 5.69 Å². The number of amides is 1. The molecule has 0 spiro atoms. The van der Waals surface area contributed by atoms with Crippen molar-refractivity contribution in [2.75, 3.05) is 5.32 Å². The molecule has 5 heteroatoms. The number of nitrogens with one attached hydrogen (secondary N) is 1. The van der Waals surface area contributed by atoms with Gasteiger partial charge in [0.15, 0.2) is 0 Å². The lowest BCUT2D eigenvalue weighted by molar-refractivity contribution is 0.102. The second-order valence-corrected chi connectivity index (χ2v) is 5.25. The van der Waals surface area contributed by atoms with Crippen molar-refractivity contribution in [2.24, 2.45) is 0 Å². The maximum Gasteiger partial charge on any atom is 0.255 e. The number of benzene rings is 2. The number of hydrogen-bond donors (Lipinski definition) is 1. The monoisotopic (exact) mass is 283 g/mol. The summed E-state index contributed by atoms with van der Waals surface area (Å²) in [6, 6.07) is 11.2. The molecule has 0 aliphatic rings. The Bertz CT molecular complexity index is 795. The van der Waals surface area contributed by atoms with Crippen LogP contribution >= 0.6 is 11.7 Å². The molecule has 0 bridgehead atoms. The summed E-state index contributed by atoms with van der Waals surface area (Å²) < 4.78 is 8.27. The molecule has 0 saturated carbocycles. The number of aryl methyl sites for hydroxylation is 2. The minimum atomic E-state index is -0.136. The molecular formula is C15H13N3OS. The average molecular weight is 283 g/mol. The fourth-order valence-electron chi connectivity index (χ4n) is 1.95. The zero-order valence-corrected chi connectivity index (χ0v) is 12.0. The summed E-state index contributed by atoms with van der Waals surface area (Å²) in [6.07, 6.45) is 0. The minimum absolute atomic E-state index is 0.136. The molecule has 0 radical (unpaired) electrons. The van der Waals surface area contributed by atoms with Crippen molar-refractivity contribution in [3.63, 3.8) is 0 Å². The molecule has 0 aliphatic carbocycles. The van der Waals surface area contributed by atoms with Crippen molar-refractivity contribution in [2.45, 2.75) is 13.8 Å². The number of hydrogen-bond acceptors (Lipinski definition) is 4. The van der Waals surface area contributed by atoms with Crippen LogP contribution in [0.2, 0.25) is 0 Å². The summed E-state index contributed by atoms with van der Waals surface area (Å²) in [5.74, 6) is -0.136. The van der Waals surface area contributed by atoms with Gasteiger partial charge in [0, 0.05) is 11.3 Å². The summed E-state index contributed by atoms with van der Waals surface area (Å²) in [5.41, 5.74) is 5.32. The van der Waals surface area contributed by atoms with Crippen molar-refractivity contribution >= 4 is 34.4 Å². The van der Waals surface area contributed by atoms with Crippen molar-refractivity contribution in [3.8, 4) is 0 Å². The summed E-state index contributed by atoms with van der Waals surface area (Å²) in [5, 5.41) is 2.90. The van der Waals surface area contributed by atoms with E-state index in [2.05, 4.69) is 14.1 Å². The molecule has 20 heavy (non-hydrogen) atoms. The number of rotatable bonds is 2. The van der Waals surface area contributed by atoms with Gasteiger partial charge in [0.25, 0.3) is 5.91 Å². The van der Waals surface area contributed by atoms with E-state index in [-0.39, 0.29) is 5.91 Å². The first-order valence-electron chi connectivity index (χ1n) is 6.24. The van der Waals surface area contributed by atoms with Crippen LogP contribution in [0.3, 0.4) is 0 Å². The maximum atomic E-state index is 12.2. The summed E-state index contributed by atoms with van der Waals surface area (Å²) in [6.45, 7) is 4.07. The van der Waals surface area contributed by atoms with Crippen LogP contribution in [0.5, 0.6) is 0 Å². The van der Waals surface area contributed by atoms with Gasteiger partial charge >= 0.3 is 0 Å². The lowest BCUT2D eigenvalue weighted by Gasteiger charge is -2.07. The van der Waals surface area contributed by atoms with Gasteiger partial charge in [-0.05, 0) is 55.3 Å². The Balaban J connectivity index is 1.86. The predicted octanol–water partition coefficient (Wildman–Crippen LogP) is 3.56. The molecule has 4 nitrogen and oxygen atoms in total. The fraction of sp³-hybridized carbons (Fsp3) is 0.133. The first-order valence-corrected chi connectivity index (χ1v) is 6.97. The number of carbonyl (C=O) groups excluding carboxylic acids is 1. The molecule has 1 amide bonds. The van der Waals surface area contributed by atoms with Gasteiger partial charge in [-0.3, -0.25) is 4.79 Å². The van der Waals surface area contributed by atoms with E-state index in [1.807, 2.05) is 38.1 Å². The Hall–Kier alpha value is -2.27. The van der Waals surface area contributed by atoms with Gasteiger partial charge in [0.2, 0.25) is 0 Å². The van der Waals surface area contributed by atoms with E-state index < -0.39 is 0 Å².